The summed E-state index contributed by atoms with van der Waals surface area (Å²) >= 11 is 0. The van der Waals surface area contributed by atoms with E-state index in [1.54, 1.807) is 65.6 Å². The molecule has 0 atom stereocenters. The predicted molar refractivity (Wildman–Crippen MR) is 116 cm³/mol. The van der Waals surface area contributed by atoms with Crippen LogP contribution >= 0.6 is 7.60 Å². The summed E-state index contributed by atoms with van der Waals surface area (Å²) < 4.78 is 29.4. The molecule has 1 saturated heterocycles. The highest BCUT2D eigenvalue weighted by atomic mass is 31.2. The first-order valence-corrected chi connectivity index (χ1v) is 11.3. The van der Waals surface area contributed by atoms with Crippen molar-refractivity contribution in [2.75, 3.05) is 40.5 Å². The lowest BCUT2D eigenvalue weighted by molar-refractivity contribution is -0.131. The van der Waals surface area contributed by atoms with Gasteiger partial charge in [-0.15, -0.1) is 0 Å². The third-order valence-corrected chi connectivity index (χ3v) is 6.82. The summed E-state index contributed by atoms with van der Waals surface area (Å²) in [7, 11) is -1.46. The average molecular weight is 444 g/mol. The largest absolute Gasteiger partial charge is 0.378 e. The Morgan fingerprint density at radius 2 is 1.42 bits per heavy atom. The number of benzene rings is 2. The minimum atomic E-state index is -3.94. The Bertz CT molecular complexity index is 980. The zero-order valence-electron chi connectivity index (χ0n) is 17.4. The molecule has 2 aromatic carbocycles. The Labute approximate surface area is 181 Å². The van der Waals surface area contributed by atoms with E-state index in [0.717, 1.165) is 0 Å². The molecule has 3 rings (SSSR count). The second kappa shape index (κ2) is 10.5. The smallest absolute Gasteiger partial charge is 0.363 e. The first kappa shape index (κ1) is 22.9. The number of carbonyl (C=O) groups excluding carboxylic acids is 2. The van der Waals surface area contributed by atoms with E-state index >= 15 is 0 Å². The van der Waals surface area contributed by atoms with Crippen LogP contribution in [0.4, 0.5) is 0 Å². The fourth-order valence-electron chi connectivity index (χ4n) is 3.21. The number of morpholine rings is 1. The second-order valence-electron chi connectivity index (χ2n) is 6.68. The van der Waals surface area contributed by atoms with Crippen molar-refractivity contribution in [2.45, 2.75) is 0 Å². The van der Waals surface area contributed by atoms with E-state index in [-0.39, 0.29) is 11.0 Å². The van der Waals surface area contributed by atoms with Crippen LogP contribution in [0.1, 0.15) is 15.9 Å². The molecule has 8 nitrogen and oxygen atoms in total. The quantitative estimate of drug-likeness (QED) is 0.521. The van der Waals surface area contributed by atoms with Gasteiger partial charge in [0.2, 0.25) is 0 Å². The number of nitrogens with one attached hydrogen (secondary N) is 1. The summed E-state index contributed by atoms with van der Waals surface area (Å²) in [6.45, 7) is 1.43. The maximum Gasteiger partial charge on any atom is 0.363 e. The summed E-state index contributed by atoms with van der Waals surface area (Å²) in [5.41, 5.74) is 0.653. The molecule has 0 aromatic heterocycles. The van der Waals surface area contributed by atoms with Gasteiger partial charge in [-0.3, -0.25) is 14.2 Å². The van der Waals surface area contributed by atoms with Gasteiger partial charge in [0.15, 0.2) is 0 Å². The number of hydrogen-bond acceptors (Lipinski definition) is 6. The minimum absolute atomic E-state index is 0.00104. The molecule has 0 aliphatic carbocycles. The lowest BCUT2D eigenvalue weighted by atomic mass is 10.1. The van der Waals surface area contributed by atoms with Crippen molar-refractivity contribution in [1.82, 2.24) is 10.2 Å². The van der Waals surface area contributed by atoms with Gasteiger partial charge in [-0.05, 0) is 17.7 Å². The molecule has 0 saturated carbocycles. The molecule has 0 bridgehead atoms. The van der Waals surface area contributed by atoms with Gasteiger partial charge in [0.05, 0.1) is 13.2 Å². The van der Waals surface area contributed by atoms with E-state index in [9.17, 15) is 14.2 Å². The first-order valence-electron chi connectivity index (χ1n) is 9.75. The highest BCUT2D eigenvalue weighted by Crippen LogP contribution is 2.60. The van der Waals surface area contributed by atoms with Crippen LogP contribution in [0.15, 0.2) is 66.4 Å². The molecular weight excluding hydrogens is 419 g/mol. The van der Waals surface area contributed by atoms with Gasteiger partial charge in [-0.25, -0.2) is 0 Å². The molecule has 2 aromatic rings. The lowest BCUT2D eigenvalue weighted by Crippen LogP contribution is -2.45. The minimum Gasteiger partial charge on any atom is -0.378 e. The Balaban J connectivity index is 2.18. The summed E-state index contributed by atoms with van der Waals surface area (Å²) in [6.07, 6.45) is 0. The van der Waals surface area contributed by atoms with Gasteiger partial charge in [0.1, 0.15) is 11.0 Å². The van der Waals surface area contributed by atoms with Crippen LogP contribution in [-0.2, 0) is 23.1 Å². The van der Waals surface area contributed by atoms with Crippen LogP contribution in [0.5, 0.6) is 0 Å². The van der Waals surface area contributed by atoms with Crippen LogP contribution in [-0.4, -0.2) is 57.2 Å². The molecule has 164 valence electrons. The van der Waals surface area contributed by atoms with Gasteiger partial charge in [-0.1, -0.05) is 48.5 Å². The monoisotopic (exact) mass is 444 g/mol. The van der Waals surface area contributed by atoms with Gasteiger partial charge < -0.3 is 24.0 Å². The van der Waals surface area contributed by atoms with Crippen molar-refractivity contribution in [2.24, 2.45) is 0 Å². The fourth-order valence-corrected chi connectivity index (χ4v) is 4.61. The number of hydrogen-bond donors (Lipinski definition) is 1. The second-order valence-corrected chi connectivity index (χ2v) is 8.85. The molecule has 9 heteroatoms. The maximum absolute atomic E-state index is 13.5. The van der Waals surface area contributed by atoms with Crippen molar-refractivity contribution in [1.29, 1.82) is 0 Å². The first-order chi connectivity index (χ1) is 15.0. The molecular formula is C22H25N2O6P. The molecule has 2 amide bonds. The zero-order chi connectivity index (χ0) is 22.3. The number of carbonyl (C=O) groups is 2. The molecule has 1 aliphatic heterocycles. The number of nitrogens with zero attached hydrogens (tertiary/aromatic N) is 1. The van der Waals surface area contributed by atoms with E-state index in [4.69, 9.17) is 13.8 Å². The Hall–Kier alpha value is -2.77. The zero-order valence-corrected chi connectivity index (χ0v) is 18.3. The molecule has 0 radical (unpaired) electrons. The van der Waals surface area contributed by atoms with Crippen molar-refractivity contribution in [3.63, 3.8) is 0 Å². The fraction of sp³-hybridized carbons (Fsp3) is 0.273. The third-order valence-electron chi connectivity index (χ3n) is 4.83. The van der Waals surface area contributed by atoms with E-state index < -0.39 is 19.4 Å². The van der Waals surface area contributed by atoms with Crippen LogP contribution in [0.3, 0.4) is 0 Å². The van der Waals surface area contributed by atoms with Gasteiger partial charge in [0, 0.05) is 32.9 Å². The van der Waals surface area contributed by atoms with Crippen molar-refractivity contribution >= 4 is 24.7 Å². The molecule has 1 N–H and O–H groups in total. The Morgan fingerprint density at radius 1 is 0.903 bits per heavy atom. The van der Waals surface area contributed by atoms with Crippen LogP contribution in [0.2, 0.25) is 0 Å². The maximum atomic E-state index is 13.5. The molecule has 1 aliphatic rings. The van der Waals surface area contributed by atoms with Crippen LogP contribution < -0.4 is 5.32 Å². The lowest BCUT2D eigenvalue weighted by Gasteiger charge is -2.29. The summed E-state index contributed by atoms with van der Waals surface area (Å²) in [5.74, 6) is -0.995. The third kappa shape index (κ3) is 5.29. The molecule has 31 heavy (non-hydrogen) atoms. The van der Waals surface area contributed by atoms with Crippen LogP contribution in [0.25, 0.3) is 5.31 Å². The molecule has 1 heterocycles. The van der Waals surface area contributed by atoms with E-state index in [1.165, 1.54) is 14.2 Å². The van der Waals surface area contributed by atoms with Crippen molar-refractivity contribution in [3.8, 4) is 0 Å². The van der Waals surface area contributed by atoms with Crippen molar-refractivity contribution < 1.29 is 27.9 Å². The van der Waals surface area contributed by atoms with Gasteiger partial charge in [-0.2, -0.15) is 0 Å². The summed E-state index contributed by atoms with van der Waals surface area (Å²) in [6, 6.07) is 17.1. The Kier molecular flexibility index (Phi) is 7.76. The van der Waals surface area contributed by atoms with E-state index in [1.807, 2.05) is 0 Å². The predicted octanol–water partition coefficient (Wildman–Crippen LogP) is 3.13. The SMILES string of the molecule is COP(=O)(OC)/C(=C(\NC(=O)c1ccccc1)C(=O)N1CCOCC1)c1ccccc1. The number of amides is 2. The highest BCUT2D eigenvalue weighted by molar-refractivity contribution is 7.65. The summed E-state index contributed by atoms with van der Waals surface area (Å²) in [4.78, 5) is 28.0. The number of rotatable bonds is 7. The van der Waals surface area contributed by atoms with Gasteiger partial charge in [0.25, 0.3) is 11.8 Å². The average Bonchev–Trinajstić information content (AvgIpc) is 2.84. The Morgan fingerprint density at radius 3 is 1.94 bits per heavy atom. The van der Waals surface area contributed by atoms with Crippen LogP contribution in [0, 0.1) is 0 Å². The normalized spacial score (nSPS) is 15.2. The molecule has 1 fully saturated rings. The standard InChI is InChI=1S/C22H25N2O6P/c1-28-31(27,29-2)20(17-9-5-3-6-10-17)19(22(26)24-13-15-30-16-14-24)23-21(25)18-11-7-4-8-12-18/h3-12H,13-16H2,1-2H3,(H,23,25)/b20-19-. The van der Waals surface area contributed by atoms with E-state index in [0.29, 0.717) is 37.4 Å². The number of ether oxygens (including phenoxy) is 1. The molecule has 0 spiro atoms. The molecule has 0 unspecified atom stereocenters. The topological polar surface area (TPSA) is 94.2 Å². The summed E-state index contributed by atoms with van der Waals surface area (Å²) in [5, 5.41) is 2.68. The van der Waals surface area contributed by atoms with E-state index in [2.05, 4.69) is 5.32 Å². The highest BCUT2D eigenvalue weighted by Gasteiger charge is 2.37. The van der Waals surface area contributed by atoms with Crippen molar-refractivity contribution in [3.05, 3.63) is 77.5 Å². The van der Waals surface area contributed by atoms with Gasteiger partial charge >= 0.3 is 7.60 Å².